The van der Waals surface area contributed by atoms with Crippen molar-refractivity contribution in [1.29, 1.82) is 0 Å². The van der Waals surface area contributed by atoms with Crippen molar-refractivity contribution in [3.63, 3.8) is 0 Å². The lowest BCUT2D eigenvalue weighted by Crippen LogP contribution is -2.22. The minimum Gasteiger partial charge on any atom is -0.495 e. The van der Waals surface area contributed by atoms with Crippen molar-refractivity contribution in [2.75, 3.05) is 25.1 Å². The second-order valence-corrected chi connectivity index (χ2v) is 2.84. The molecule has 1 aromatic rings. The molecule has 0 unspecified atom stereocenters. The maximum atomic E-state index is 5.29. The van der Waals surface area contributed by atoms with Gasteiger partial charge in [-0.05, 0) is 26.0 Å². The smallest absolute Gasteiger partial charge is 0.142 e. The van der Waals surface area contributed by atoms with Crippen LogP contribution in [0.2, 0.25) is 0 Å². The zero-order valence-electron chi connectivity index (χ0n) is 8.58. The number of rotatable bonds is 4. The Labute approximate surface area is 87.5 Å². The van der Waals surface area contributed by atoms with Crippen molar-refractivity contribution in [3.8, 4) is 5.75 Å². The second-order valence-electron chi connectivity index (χ2n) is 2.84. The van der Waals surface area contributed by atoms with Crippen LogP contribution in [0, 0.1) is 0 Å². The van der Waals surface area contributed by atoms with Crippen molar-refractivity contribution in [3.05, 3.63) is 24.3 Å². The van der Waals surface area contributed by atoms with Crippen molar-refractivity contribution in [2.24, 2.45) is 0 Å². The molecule has 0 radical (unpaired) electrons. The largest absolute Gasteiger partial charge is 0.495 e. The highest BCUT2D eigenvalue weighted by atomic mass is 16.5. The van der Waals surface area contributed by atoms with Crippen LogP contribution in [0.4, 0.5) is 5.69 Å². The number of para-hydroxylation sites is 2. The maximum absolute atomic E-state index is 5.29. The van der Waals surface area contributed by atoms with Crippen LogP contribution in [0.25, 0.3) is 0 Å². The minimum atomic E-state index is 0. The van der Waals surface area contributed by atoms with Gasteiger partial charge in [0.15, 0.2) is 0 Å². The van der Waals surface area contributed by atoms with Crippen LogP contribution in [0.3, 0.4) is 0 Å². The molecule has 0 amide bonds. The average Bonchev–Trinajstić information content (AvgIpc) is 2.20. The van der Waals surface area contributed by atoms with Gasteiger partial charge < -0.3 is 9.64 Å². The molecule has 0 saturated heterocycles. The lowest BCUT2D eigenvalue weighted by molar-refractivity contribution is 0.414. The van der Waals surface area contributed by atoms with E-state index in [0.717, 1.165) is 18.8 Å². The Morgan fingerprint density at radius 2 is 1.71 bits per heavy atom. The van der Waals surface area contributed by atoms with Gasteiger partial charge in [-0.3, -0.25) is 0 Å². The van der Waals surface area contributed by atoms with E-state index in [4.69, 9.17) is 4.74 Å². The number of hydrogen-bond acceptors (Lipinski definition) is 2. The van der Waals surface area contributed by atoms with Crippen molar-refractivity contribution in [1.82, 2.24) is 0 Å². The van der Waals surface area contributed by atoms with E-state index in [9.17, 15) is 0 Å². The van der Waals surface area contributed by atoms with Gasteiger partial charge >= 0.3 is 0 Å². The van der Waals surface area contributed by atoms with Gasteiger partial charge in [0.25, 0.3) is 0 Å². The van der Waals surface area contributed by atoms with Crippen molar-refractivity contribution in [2.45, 2.75) is 21.3 Å². The number of ether oxygens (including phenoxy) is 1. The van der Waals surface area contributed by atoms with Crippen LogP contribution in [0.15, 0.2) is 24.3 Å². The van der Waals surface area contributed by atoms with E-state index in [1.54, 1.807) is 7.11 Å². The van der Waals surface area contributed by atoms with Crippen LogP contribution in [-0.4, -0.2) is 20.2 Å². The molecule has 0 saturated carbocycles. The molecule has 0 heterocycles. The Bertz CT molecular complexity index is 256. The van der Waals surface area contributed by atoms with E-state index in [2.05, 4.69) is 24.8 Å². The molecule has 0 aliphatic rings. The lowest BCUT2D eigenvalue weighted by atomic mass is 10.2. The zero-order valence-corrected chi connectivity index (χ0v) is 8.58. The Hall–Kier alpha value is -1.18. The normalized spacial score (nSPS) is 9.07. The van der Waals surface area contributed by atoms with Gasteiger partial charge in [0, 0.05) is 13.1 Å². The average molecular weight is 195 g/mol. The fourth-order valence-corrected chi connectivity index (χ4v) is 1.46. The first kappa shape index (κ1) is 12.8. The van der Waals surface area contributed by atoms with Crippen LogP contribution in [-0.2, 0) is 0 Å². The molecule has 0 aliphatic carbocycles. The van der Waals surface area contributed by atoms with Gasteiger partial charge in [-0.15, -0.1) is 0 Å². The van der Waals surface area contributed by atoms with E-state index in [0.29, 0.717) is 0 Å². The summed E-state index contributed by atoms with van der Waals surface area (Å²) in [7, 11) is 1.71. The summed E-state index contributed by atoms with van der Waals surface area (Å²) in [5, 5.41) is 0. The van der Waals surface area contributed by atoms with Crippen LogP contribution >= 0.6 is 0 Å². The van der Waals surface area contributed by atoms with Gasteiger partial charge in [0.1, 0.15) is 5.75 Å². The van der Waals surface area contributed by atoms with E-state index >= 15 is 0 Å². The number of anilines is 1. The molecule has 0 N–H and O–H groups in total. The summed E-state index contributed by atoms with van der Waals surface area (Å²) in [5.41, 5.74) is 1.18. The zero-order chi connectivity index (χ0) is 9.68. The van der Waals surface area contributed by atoms with Crippen LogP contribution in [0.1, 0.15) is 21.3 Å². The molecule has 0 spiro atoms. The molecule has 80 valence electrons. The molecule has 0 atom stereocenters. The first-order valence-electron chi connectivity index (χ1n) is 4.71. The molecule has 1 rings (SSSR count). The molecule has 2 heteroatoms. The Kier molecular flexibility index (Phi) is 5.77. The van der Waals surface area contributed by atoms with Crippen LogP contribution in [0.5, 0.6) is 5.75 Å². The van der Waals surface area contributed by atoms with Crippen LogP contribution < -0.4 is 9.64 Å². The van der Waals surface area contributed by atoms with Gasteiger partial charge in [-0.1, -0.05) is 19.6 Å². The standard InChI is InChI=1S/C11H17NO.CH4/c1-4-12(5-2)10-8-6-7-9-11(10)13-3;/h6-9H,4-5H2,1-3H3;1H4. The topological polar surface area (TPSA) is 12.5 Å². The molecule has 0 aromatic heterocycles. The second kappa shape index (κ2) is 6.30. The van der Waals surface area contributed by atoms with E-state index in [1.807, 2.05) is 18.2 Å². The molecule has 0 aliphatic heterocycles. The number of methoxy groups -OCH3 is 1. The molecule has 0 bridgehead atoms. The quantitative estimate of drug-likeness (QED) is 0.731. The van der Waals surface area contributed by atoms with Gasteiger partial charge in [0.2, 0.25) is 0 Å². The highest BCUT2D eigenvalue weighted by Gasteiger charge is 2.06. The summed E-state index contributed by atoms with van der Waals surface area (Å²) in [5.74, 6) is 0.950. The third-order valence-electron chi connectivity index (χ3n) is 2.19. The SMILES string of the molecule is C.CCN(CC)c1ccccc1OC. The Balaban J connectivity index is 0.00000169. The highest BCUT2D eigenvalue weighted by molar-refractivity contribution is 5.58. The number of hydrogen-bond donors (Lipinski definition) is 0. The fraction of sp³-hybridized carbons (Fsp3) is 0.500. The summed E-state index contributed by atoms with van der Waals surface area (Å²) >= 11 is 0. The van der Waals surface area contributed by atoms with Crippen molar-refractivity contribution >= 4 is 5.69 Å². The molecule has 14 heavy (non-hydrogen) atoms. The predicted molar refractivity (Wildman–Crippen MR) is 63.3 cm³/mol. The Morgan fingerprint density at radius 3 is 2.21 bits per heavy atom. The fourth-order valence-electron chi connectivity index (χ4n) is 1.46. The molecular formula is C12H21NO. The molecule has 2 nitrogen and oxygen atoms in total. The highest BCUT2D eigenvalue weighted by Crippen LogP contribution is 2.26. The Morgan fingerprint density at radius 1 is 1.14 bits per heavy atom. The summed E-state index contributed by atoms with van der Waals surface area (Å²) in [6.07, 6.45) is 0. The number of nitrogens with zero attached hydrogens (tertiary/aromatic N) is 1. The lowest BCUT2D eigenvalue weighted by Gasteiger charge is -2.22. The monoisotopic (exact) mass is 195 g/mol. The number of benzene rings is 1. The third-order valence-corrected chi connectivity index (χ3v) is 2.19. The van der Waals surface area contributed by atoms with E-state index < -0.39 is 0 Å². The van der Waals surface area contributed by atoms with Gasteiger partial charge in [0.05, 0.1) is 12.8 Å². The predicted octanol–water partition coefficient (Wildman–Crippen LogP) is 3.18. The summed E-state index contributed by atoms with van der Waals surface area (Å²) in [6.45, 7) is 6.32. The third kappa shape index (κ3) is 2.66. The molecule has 1 aromatic carbocycles. The minimum absolute atomic E-state index is 0. The molecule has 0 fully saturated rings. The first-order chi connectivity index (χ1) is 6.33. The van der Waals surface area contributed by atoms with E-state index in [-0.39, 0.29) is 7.43 Å². The van der Waals surface area contributed by atoms with Gasteiger partial charge in [-0.25, -0.2) is 0 Å². The summed E-state index contributed by atoms with van der Waals surface area (Å²) in [4.78, 5) is 2.28. The first-order valence-corrected chi connectivity index (χ1v) is 4.71. The van der Waals surface area contributed by atoms with E-state index in [1.165, 1.54) is 5.69 Å². The molecular weight excluding hydrogens is 174 g/mol. The van der Waals surface area contributed by atoms with Gasteiger partial charge in [-0.2, -0.15) is 0 Å². The summed E-state index contributed by atoms with van der Waals surface area (Å²) in [6, 6.07) is 8.11. The summed E-state index contributed by atoms with van der Waals surface area (Å²) < 4.78 is 5.29. The maximum Gasteiger partial charge on any atom is 0.142 e. The van der Waals surface area contributed by atoms with Crippen molar-refractivity contribution < 1.29 is 4.74 Å².